The fourth-order valence-electron chi connectivity index (χ4n) is 3.28. The van der Waals surface area contributed by atoms with Crippen LogP contribution < -0.4 is 0 Å². The summed E-state index contributed by atoms with van der Waals surface area (Å²) in [5.74, 6) is 0.861. The number of halogens is 1. The van der Waals surface area contributed by atoms with E-state index in [9.17, 15) is 0 Å². The molecule has 0 aliphatic heterocycles. The number of hydrogen-bond donors (Lipinski definition) is 0. The maximum atomic E-state index is 4.50. The molecule has 0 atom stereocenters. The third-order valence-electron chi connectivity index (χ3n) is 4.37. The highest BCUT2D eigenvalue weighted by Gasteiger charge is 2.14. The van der Waals surface area contributed by atoms with Crippen LogP contribution in [0.1, 0.15) is 0 Å². The van der Waals surface area contributed by atoms with Crippen LogP contribution in [-0.4, -0.2) is 14.6 Å². The van der Waals surface area contributed by atoms with Gasteiger partial charge in [-0.25, -0.2) is 0 Å². The molecule has 2 heterocycles. The summed E-state index contributed by atoms with van der Waals surface area (Å²) in [4.78, 5) is 0. The summed E-state index contributed by atoms with van der Waals surface area (Å²) in [6.45, 7) is 0. The Kier molecular flexibility index (Phi) is 2.94. The van der Waals surface area contributed by atoms with Crippen LogP contribution in [0.5, 0.6) is 0 Å². The Morgan fingerprint density at radius 2 is 1.33 bits per heavy atom. The number of para-hydroxylation sites is 1. The number of fused-ring (bicyclic) bond motifs is 6. The van der Waals surface area contributed by atoms with Crippen molar-refractivity contribution >= 4 is 43.3 Å². The van der Waals surface area contributed by atoms with Crippen molar-refractivity contribution < 1.29 is 0 Å². The first kappa shape index (κ1) is 13.7. The van der Waals surface area contributed by atoms with E-state index >= 15 is 0 Å². The first-order chi connectivity index (χ1) is 11.8. The van der Waals surface area contributed by atoms with Gasteiger partial charge < -0.3 is 0 Å². The van der Waals surface area contributed by atoms with E-state index in [1.807, 2.05) is 18.2 Å². The Hall–Kier alpha value is -2.72. The van der Waals surface area contributed by atoms with E-state index in [0.717, 1.165) is 32.4 Å². The smallest absolute Gasteiger partial charge is 0.169 e. The predicted octanol–water partition coefficient (Wildman–Crippen LogP) is 5.47. The first-order valence-corrected chi connectivity index (χ1v) is 8.53. The number of benzene rings is 3. The van der Waals surface area contributed by atoms with E-state index in [1.54, 1.807) is 0 Å². The van der Waals surface area contributed by atoms with E-state index in [0.29, 0.717) is 0 Å². The van der Waals surface area contributed by atoms with E-state index < -0.39 is 0 Å². The average Bonchev–Trinajstić information content (AvgIpc) is 3.08. The molecule has 0 fully saturated rings. The Balaban J connectivity index is 2.00. The minimum Gasteiger partial charge on any atom is -0.274 e. The second-order valence-corrected chi connectivity index (χ2v) is 6.67. The van der Waals surface area contributed by atoms with E-state index in [-0.39, 0.29) is 0 Å². The van der Waals surface area contributed by atoms with Crippen molar-refractivity contribution in [3.8, 4) is 11.4 Å². The summed E-state index contributed by atoms with van der Waals surface area (Å²) < 4.78 is 3.20. The lowest BCUT2D eigenvalue weighted by molar-refractivity contribution is 1.12. The molecule has 0 N–H and O–H groups in total. The zero-order chi connectivity index (χ0) is 16.1. The maximum absolute atomic E-state index is 4.50. The molecule has 0 aliphatic carbocycles. The van der Waals surface area contributed by atoms with E-state index in [4.69, 9.17) is 0 Å². The van der Waals surface area contributed by atoms with Gasteiger partial charge in [0.05, 0.1) is 5.52 Å². The number of nitrogens with zero attached hydrogens (tertiary/aromatic N) is 3. The molecule has 0 aliphatic rings. The summed E-state index contributed by atoms with van der Waals surface area (Å²) in [5.41, 5.74) is 3.06. The molecule has 5 aromatic rings. The molecule has 0 amide bonds. The van der Waals surface area contributed by atoms with Crippen LogP contribution in [0.2, 0.25) is 0 Å². The Morgan fingerprint density at radius 1 is 0.667 bits per heavy atom. The quantitative estimate of drug-likeness (QED) is 0.365. The summed E-state index contributed by atoms with van der Waals surface area (Å²) in [7, 11) is 0. The second-order valence-electron chi connectivity index (χ2n) is 5.75. The molecule has 5 rings (SSSR count). The molecule has 4 heteroatoms. The molecular weight excluding hydrogens is 362 g/mol. The molecule has 0 radical (unpaired) electrons. The van der Waals surface area contributed by atoms with Gasteiger partial charge in [-0.3, -0.25) is 4.40 Å². The van der Waals surface area contributed by atoms with E-state index in [1.165, 1.54) is 10.8 Å². The summed E-state index contributed by atoms with van der Waals surface area (Å²) in [6.07, 6.45) is 0. The summed E-state index contributed by atoms with van der Waals surface area (Å²) >= 11 is 3.49. The van der Waals surface area contributed by atoms with Crippen LogP contribution in [0, 0.1) is 0 Å². The molecule has 0 saturated heterocycles. The molecule has 0 bridgehead atoms. The van der Waals surface area contributed by atoms with Gasteiger partial charge in [0.1, 0.15) is 0 Å². The lowest BCUT2D eigenvalue weighted by atomic mass is 10.1. The standard InChI is InChI=1S/C20H12BrN3/c21-14-11-9-13(10-12-14)19-22-23-20-17-7-2-1-5-15(17)16-6-3-4-8-18(16)24(19)20/h1-12H. The monoisotopic (exact) mass is 373 g/mol. The van der Waals surface area contributed by atoms with Crippen LogP contribution in [0.4, 0.5) is 0 Å². The minimum absolute atomic E-state index is 0.861. The first-order valence-electron chi connectivity index (χ1n) is 7.73. The van der Waals surface area contributed by atoms with Crippen molar-refractivity contribution in [1.82, 2.24) is 14.6 Å². The predicted molar refractivity (Wildman–Crippen MR) is 101 cm³/mol. The van der Waals surface area contributed by atoms with Gasteiger partial charge in [0.15, 0.2) is 11.5 Å². The van der Waals surface area contributed by atoms with Crippen molar-refractivity contribution in [2.24, 2.45) is 0 Å². The maximum Gasteiger partial charge on any atom is 0.169 e. The third-order valence-corrected chi connectivity index (χ3v) is 4.90. The van der Waals surface area contributed by atoms with Crippen LogP contribution in [-0.2, 0) is 0 Å². The number of rotatable bonds is 1. The zero-order valence-corrected chi connectivity index (χ0v) is 14.2. The molecule has 0 unspecified atom stereocenters. The van der Waals surface area contributed by atoms with Gasteiger partial charge in [-0.15, -0.1) is 10.2 Å². The summed E-state index contributed by atoms with van der Waals surface area (Å²) in [6, 6.07) is 25.0. The lowest BCUT2D eigenvalue weighted by Gasteiger charge is -2.09. The molecule has 3 nitrogen and oxygen atoms in total. The van der Waals surface area contributed by atoms with Crippen molar-refractivity contribution in [3.05, 3.63) is 77.3 Å². The van der Waals surface area contributed by atoms with Crippen LogP contribution in [0.15, 0.2) is 77.3 Å². The Bertz CT molecular complexity index is 1210. The fraction of sp³-hybridized carbons (Fsp3) is 0. The number of hydrogen-bond acceptors (Lipinski definition) is 2. The summed E-state index contributed by atoms with van der Waals surface area (Å²) in [5, 5.41) is 12.5. The van der Waals surface area contributed by atoms with Gasteiger partial charge in [0.2, 0.25) is 0 Å². The molecule has 2 aromatic heterocycles. The molecular formula is C20H12BrN3. The topological polar surface area (TPSA) is 30.2 Å². The molecule has 0 spiro atoms. The normalized spacial score (nSPS) is 11.5. The molecule has 24 heavy (non-hydrogen) atoms. The van der Waals surface area contributed by atoms with Gasteiger partial charge >= 0.3 is 0 Å². The highest BCUT2D eigenvalue weighted by Crippen LogP contribution is 2.31. The average molecular weight is 374 g/mol. The van der Waals surface area contributed by atoms with Crippen LogP contribution in [0.3, 0.4) is 0 Å². The third kappa shape index (κ3) is 1.90. The Morgan fingerprint density at radius 3 is 2.12 bits per heavy atom. The van der Waals surface area contributed by atoms with E-state index in [2.05, 4.69) is 85.1 Å². The highest BCUT2D eigenvalue weighted by atomic mass is 79.9. The van der Waals surface area contributed by atoms with Gasteiger partial charge in [0.25, 0.3) is 0 Å². The second kappa shape index (κ2) is 5.14. The molecule has 0 saturated carbocycles. The molecule has 3 aromatic carbocycles. The fourth-order valence-corrected chi connectivity index (χ4v) is 3.55. The number of aromatic nitrogens is 3. The SMILES string of the molecule is Brc1ccc(-c2nnc3c4ccccc4c4ccccc4n23)cc1. The van der Waals surface area contributed by atoms with Crippen molar-refractivity contribution in [2.75, 3.05) is 0 Å². The van der Waals surface area contributed by atoms with Crippen molar-refractivity contribution in [1.29, 1.82) is 0 Å². The Labute approximate surface area is 146 Å². The van der Waals surface area contributed by atoms with Gasteiger partial charge in [0, 0.05) is 20.8 Å². The van der Waals surface area contributed by atoms with Crippen LogP contribution >= 0.6 is 15.9 Å². The minimum atomic E-state index is 0.861. The largest absolute Gasteiger partial charge is 0.274 e. The van der Waals surface area contributed by atoms with Gasteiger partial charge in [-0.05, 0) is 23.6 Å². The zero-order valence-electron chi connectivity index (χ0n) is 12.6. The van der Waals surface area contributed by atoms with Gasteiger partial charge in [-0.1, -0.05) is 70.5 Å². The van der Waals surface area contributed by atoms with Gasteiger partial charge in [-0.2, -0.15) is 0 Å². The van der Waals surface area contributed by atoms with Crippen LogP contribution in [0.25, 0.3) is 38.7 Å². The highest BCUT2D eigenvalue weighted by molar-refractivity contribution is 9.10. The molecule has 114 valence electrons. The van der Waals surface area contributed by atoms with Crippen molar-refractivity contribution in [3.63, 3.8) is 0 Å². The number of pyridine rings is 1. The van der Waals surface area contributed by atoms with Crippen molar-refractivity contribution in [2.45, 2.75) is 0 Å². The lowest BCUT2D eigenvalue weighted by Crippen LogP contribution is -1.94.